The molecule has 15 heavy (non-hydrogen) atoms. The molecule has 0 radical (unpaired) electrons. The van der Waals surface area contributed by atoms with Crippen molar-refractivity contribution in [3.8, 4) is 0 Å². The summed E-state index contributed by atoms with van der Waals surface area (Å²) >= 11 is 5.84. The van der Waals surface area contributed by atoms with Crippen LogP contribution in [0.1, 0.15) is 44.3 Å². The van der Waals surface area contributed by atoms with E-state index in [1.54, 1.807) is 6.07 Å². The van der Waals surface area contributed by atoms with Crippen molar-refractivity contribution in [1.29, 1.82) is 0 Å². The van der Waals surface area contributed by atoms with Gasteiger partial charge < -0.3 is 5.11 Å². The highest BCUT2D eigenvalue weighted by Crippen LogP contribution is 2.27. The topological polar surface area (TPSA) is 20.2 Å². The zero-order chi connectivity index (χ0) is 11.3. The zero-order valence-corrected chi connectivity index (χ0v) is 9.60. The fraction of sp³-hybridized carbons (Fsp3) is 0.500. The highest BCUT2D eigenvalue weighted by molar-refractivity contribution is 6.31. The summed E-state index contributed by atoms with van der Waals surface area (Å²) in [7, 11) is 0. The Morgan fingerprint density at radius 3 is 2.73 bits per heavy atom. The minimum atomic E-state index is -0.579. The number of hydrogen-bond donors (Lipinski definition) is 1. The molecular formula is C12H16ClFO. The summed E-state index contributed by atoms with van der Waals surface area (Å²) in [6.07, 6.45) is 3.27. The molecule has 0 aliphatic carbocycles. The van der Waals surface area contributed by atoms with Gasteiger partial charge in [-0.25, -0.2) is 4.39 Å². The molecule has 1 aromatic rings. The van der Waals surface area contributed by atoms with Crippen molar-refractivity contribution in [3.05, 3.63) is 34.6 Å². The Hall–Kier alpha value is -0.600. The Balaban J connectivity index is 2.61. The van der Waals surface area contributed by atoms with E-state index in [1.807, 2.05) is 0 Å². The largest absolute Gasteiger partial charge is 0.388 e. The average Bonchev–Trinajstić information content (AvgIpc) is 2.17. The summed E-state index contributed by atoms with van der Waals surface area (Å²) in [5.41, 5.74) is 0.620. The fourth-order valence-electron chi connectivity index (χ4n) is 1.51. The molecule has 0 spiro atoms. The molecular weight excluding hydrogens is 215 g/mol. The highest BCUT2D eigenvalue weighted by Gasteiger charge is 2.11. The Labute approximate surface area is 94.9 Å². The van der Waals surface area contributed by atoms with Gasteiger partial charge in [-0.1, -0.05) is 43.9 Å². The van der Waals surface area contributed by atoms with Gasteiger partial charge in [0.2, 0.25) is 0 Å². The van der Waals surface area contributed by atoms with E-state index in [1.165, 1.54) is 12.1 Å². The SMILES string of the molecule is CCCCCC(O)c1ccc(F)cc1Cl. The summed E-state index contributed by atoms with van der Waals surface area (Å²) in [6.45, 7) is 2.11. The lowest BCUT2D eigenvalue weighted by Gasteiger charge is -2.12. The van der Waals surface area contributed by atoms with Gasteiger partial charge in [0.05, 0.1) is 6.10 Å². The average molecular weight is 231 g/mol. The zero-order valence-electron chi connectivity index (χ0n) is 8.84. The van der Waals surface area contributed by atoms with Crippen LogP contribution in [0.3, 0.4) is 0 Å². The predicted molar refractivity (Wildman–Crippen MR) is 60.5 cm³/mol. The smallest absolute Gasteiger partial charge is 0.124 e. The third-order valence-electron chi connectivity index (χ3n) is 2.40. The van der Waals surface area contributed by atoms with Crippen molar-refractivity contribution < 1.29 is 9.50 Å². The highest BCUT2D eigenvalue weighted by atomic mass is 35.5. The van der Waals surface area contributed by atoms with Crippen LogP contribution in [0.5, 0.6) is 0 Å². The van der Waals surface area contributed by atoms with Gasteiger partial charge in [0, 0.05) is 5.02 Å². The van der Waals surface area contributed by atoms with E-state index in [9.17, 15) is 9.50 Å². The van der Waals surface area contributed by atoms with E-state index >= 15 is 0 Å². The monoisotopic (exact) mass is 230 g/mol. The number of aliphatic hydroxyl groups excluding tert-OH is 1. The number of hydrogen-bond acceptors (Lipinski definition) is 1. The van der Waals surface area contributed by atoms with E-state index in [0.29, 0.717) is 17.0 Å². The quantitative estimate of drug-likeness (QED) is 0.756. The second-order valence-electron chi connectivity index (χ2n) is 3.68. The predicted octanol–water partition coefficient (Wildman–Crippen LogP) is 4.09. The summed E-state index contributed by atoms with van der Waals surface area (Å²) in [6, 6.07) is 4.11. The number of aliphatic hydroxyl groups is 1. The van der Waals surface area contributed by atoms with E-state index < -0.39 is 6.10 Å². The number of benzene rings is 1. The molecule has 0 fully saturated rings. The first-order valence-electron chi connectivity index (χ1n) is 5.28. The third-order valence-corrected chi connectivity index (χ3v) is 2.73. The van der Waals surface area contributed by atoms with Crippen LogP contribution in [-0.2, 0) is 0 Å². The lowest BCUT2D eigenvalue weighted by Crippen LogP contribution is -1.98. The molecule has 84 valence electrons. The van der Waals surface area contributed by atoms with Gasteiger partial charge in [0.1, 0.15) is 5.82 Å². The molecule has 0 saturated carbocycles. The van der Waals surface area contributed by atoms with Gasteiger partial charge in [0.25, 0.3) is 0 Å². The van der Waals surface area contributed by atoms with Gasteiger partial charge in [-0.05, 0) is 24.1 Å². The lowest BCUT2D eigenvalue weighted by atomic mass is 10.0. The Morgan fingerprint density at radius 2 is 2.13 bits per heavy atom. The molecule has 1 nitrogen and oxygen atoms in total. The van der Waals surface area contributed by atoms with Gasteiger partial charge >= 0.3 is 0 Å². The van der Waals surface area contributed by atoms with Crippen molar-refractivity contribution >= 4 is 11.6 Å². The third kappa shape index (κ3) is 3.80. The molecule has 0 heterocycles. The van der Waals surface area contributed by atoms with Crippen molar-refractivity contribution in [2.75, 3.05) is 0 Å². The molecule has 3 heteroatoms. The fourth-order valence-corrected chi connectivity index (χ4v) is 1.81. The lowest BCUT2D eigenvalue weighted by molar-refractivity contribution is 0.163. The molecule has 1 atom stereocenters. The van der Waals surface area contributed by atoms with Crippen molar-refractivity contribution in [3.63, 3.8) is 0 Å². The second-order valence-corrected chi connectivity index (χ2v) is 4.08. The van der Waals surface area contributed by atoms with Crippen LogP contribution in [-0.4, -0.2) is 5.11 Å². The number of rotatable bonds is 5. The first kappa shape index (κ1) is 12.5. The molecule has 0 saturated heterocycles. The molecule has 0 bridgehead atoms. The summed E-state index contributed by atoms with van der Waals surface area (Å²) in [5, 5.41) is 10.1. The van der Waals surface area contributed by atoms with E-state index in [2.05, 4.69) is 6.92 Å². The first-order chi connectivity index (χ1) is 7.15. The van der Waals surface area contributed by atoms with Crippen LogP contribution >= 0.6 is 11.6 Å². The summed E-state index contributed by atoms with van der Waals surface area (Å²) in [5.74, 6) is -0.371. The van der Waals surface area contributed by atoms with Crippen molar-refractivity contribution in [1.82, 2.24) is 0 Å². The van der Waals surface area contributed by atoms with E-state index in [-0.39, 0.29) is 5.82 Å². The number of halogens is 2. The van der Waals surface area contributed by atoms with Crippen LogP contribution in [0.2, 0.25) is 5.02 Å². The van der Waals surface area contributed by atoms with Crippen LogP contribution in [0.4, 0.5) is 4.39 Å². The minimum Gasteiger partial charge on any atom is -0.388 e. The van der Waals surface area contributed by atoms with Crippen LogP contribution in [0.15, 0.2) is 18.2 Å². The second kappa shape index (κ2) is 6.09. The maximum absolute atomic E-state index is 12.8. The molecule has 0 aliphatic rings. The minimum absolute atomic E-state index is 0.305. The molecule has 1 aromatic carbocycles. The van der Waals surface area contributed by atoms with Gasteiger partial charge in [-0.15, -0.1) is 0 Å². The van der Waals surface area contributed by atoms with Crippen molar-refractivity contribution in [2.45, 2.75) is 38.7 Å². The van der Waals surface area contributed by atoms with Gasteiger partial charge in [0.15, 0.2) is 0 Å². The Morgan fingerprint density at radius 1 is 1.40 bits per heavy atom. The maximum atomic E-state index is 12.8. The molecule has 1 rings (SSSR count). The molecule has 1 unspecified atom stereocenters. The molecule has 0 aliphatic heterocycles. The van der Waals surface area contributed by atoms with E-state index in [4.69, 9.17) is 11.6 Å². The van der Waals surface area contributed by atoms with Crippen LogP contribution < -0.4 is 0 Å². The standard InChI is InChI=1S/C12H16ClFO/c1-2-3-4-5-12(15)10-7-6-9(14)8-11(10)13/h6-8,12,15H,2-5H2,1H3. The Bertz CT molecular complexity index is 314. The van der Waals surface area contributed by atoms with Gasteiger partial charge in [-0.2, -0.15) is 0 Å². The maximum Gasteiger partial charge on any atom is 0.124 e. The Kier molecular flexibility index (Phi) is 5.06. The first-order valence-corrected chi connectivity index (χ1v) is 5.66. The van der Waals surface area contributed by atoms with Crippen molar-refractivity contribution in [2.24, 2.45) is 0 Å². The van der Waals surface area contributed by atoms with Crippen LogP contribution in [0, 0.1) is 5.82 Å². The summed E-state index contributed by atoms with van der Waals surface area (Å²) < 4.78 is 12.8. The molecule has 0 amide bonds. The van der Waals surface area contributed by atoms with Crippen LogP contribution in [0.25, 0.3) is 0 Å². The summed E-state index contributed by atoms with van der Waals surface area (Å²) in [4.78, 5) is 0. The van der Waals surface area contributed by atoms with Gasteiger partial charge in [-0.3, -0.25) is 0 Å². The normalized spacial score (nSPS) is 12.8. The molecule has 0 aromatic heterocycles. The molecule has 1 N–H and O–H groups in total. The number of unbranched alkanes of at least 4 members (excludes halogenated alkanes) is 2. The van der Waals surface area contributed by atoms with E-state index in [0.717, 1.165) is 19.3 Å².